The molecule has 3 aromatic heterocycles. The first kappa shape index (κ1) is 16.7. The fourth-order valence-electron chi connectivity index (χ4n) is 2.80. The van der Waals surface area contributed by atoms with Crippen LogP contribution in [-0.2, 0) is 7.05 Å². The Labute approximate surface area is 155 Å². The third-order valence-electron chi connectivity index (χ3n) is 4.35. The summed E-state index contributed by atoms with van der Waals surface area (Å²) in [6.45, 7) is 0. The fraction of sp³-hybridized carbons (Fsp3) is 0.100. The molecule has 0 unspecified atom stereocenters. The van der Waals surface area contributed by atoms with Gasteiger partial charge in [-0.15, -0.1) is 0 Å². The SMILES string of the molecule is CN(C(=O)c1cnc(-c2cc(-c3ccccc3)no2)n1C)c1cccnc1. The minimum Gasteiger partial charge on any atom is -0.352 e. The summed E-state index contributed by atoms with van der Waals surface area (Å²) in [5.74, 6) is 0.846. The zero-order chi connectivity index (χ0) is 18.8. The summed E-state index contributed by atoms with van der Waals surface area (Å²) >= 11 is 0. The van der Waals surface area contributed by atoms with Gasteiger partial charge in [-0.3, -0.25) is 9.78 Å². The number of benzene rings is 1. The lowest BCUT2D eigenvalue weighted by atomic mass is 10.1. The molecular formula is C20H17N5O2. The Kier molecular flexibility index (Phi) is 4.25. The highest BCUT2D eigenvalue weighted by Gasteiger charge is 2.21. The number of carbonyl (C=O) groups excluding carboxylic acids is 1. The van der Waals surface area contributed by atoms with Crippen LogP contribution in [0.25, 0.3) is 22.8 Å². The maximum absolute atomic E-state index is 12.8. The van der Waals surface area contributed by atoms with E-state index >= 15 is 0 Å². The number of amides is 1. The number of hydrogen-bond acceptors (Lipinski definition) is 5. The molecule has 7 heteroatoms. The second-order valence-electron chi connectivity index (χ2n) is 6.04. The average Bonchev–Trinajstić information content (AvgIpc) is 3.35. The third kappa shape index (κ3) is 3.10. The van der Waals surface area contributed by atoms with Gasteiger partial charge in [-0.25, -0.2) is 4.98 Å². The van der Waals surface area contributed by atoms with Crippen molar-refractivity contribution in [2.24, 2.45) is 7.05 Å². The van der Waals surface area contributed by atoms with Crippen molar-refractivity contribution in [2.45, 2.75) is 0 Å². The van der Waals surface area contributed by atoms with Gasteiger partial charge < -0.3 is 14.0 Å². The summed E-state index contributed by atoms with van der Waals surface area (Å²) < 4.78 is 7.15. The standard InChI is InChI=1S/C20H17N5O2/c1-24(15-9-6-10-21-12-15)20(26)17-13-22-19(25(17)2)18-11-16(23-27-18)14-7-4-3-5-8-14/h3-13H,1-2H3. The van der Waals surface area contributed by atoms with Crippen molar-refractivity contribution in [3.05, 3.63) is 72.8 Å². The van der Waals surface area contributed by atoms with E-state index in [1.807, 2.05) is 42.5 Å². The van der Waals surface area contributed by atoms with E-state index in [0.29, 0.717) is 28.7 Å². The molecule has 4 aromatic rings. The molecule has 27 heavy (non-hydrogen) atoms. The van der Waals surface area contributed by atoms with Gasteiger partial charge in [0.05, 0.1) is 18.1 Å². The predicted octanol–water partition coefficient (Wildman–Crippen LogP) is 3.41. The van der Waals surface area contributed by atoms with Crippen LogP contribution in [0.1, 0.15) is 10.5 Å². The van der Waals surface area contributed by atoms with Gasteiger partial charge in [-0.05, 0) is 12.1 Å². The van der Waals surface area contributed by atoms with Crippen molar-refractivity contribution in [1.29, 1.82) is 0 Å². The summed E-state index contributed by atoms with van der Waals surface area (Å²) in [6, 6.07) is 15.2. The molecular weight excluding hydrogens is 342 g/mol. The van der Waals surface area contributed by atoms with Crippen LogP contribution in [0.2, 0.25) is 0 Å². The van der Waals surface area contributed by atoms with E-state index in [2.05, 4.69) is 15.1 Å². The molecule has 0 saturated heterocycles. The number of nitrogens with zero attached hydrogens (tertiary/aromatic N) is 5. The van der Waals surface area contributed by atoms with E-state index in [1.54, 1.807) is 37.1 Å². The van der Waals surface area contributed by atoms with Crippen LogP contribution >= 0.6 is 0 Å². The first-order valence-electron chi connectivity index (χ1n) is 8.37. The second-order valence-corrected chi connectivity index (χ2v) is 6.04. The Bertz CT molecular complexity index is 1070. The van der Waals surface area contributed by atoms with Crippen molar-refractivity contribution in [3.63, 3.8) is 0 Å². The van der Waals surface area contributed by atoms with Gasteiger partial charge in [0.2, 0.25) is 5.76 Å². The minimum absolute atomic E-state index is 0.188. The normalized spacial score (nSPS) is 10.7. The summed E-state index contributed by atoms with van der Waals surface area (Å²) in [4.78, 5) is 22.8. The average molecular weight is 359 g/mol. The van der Waals surface area contributed by atoms with Crippen LogP contribution in [0.5, 0.6) is 0 Å². The van der Waals surface area contributed by atoms with Crippen molar-refractivity contribution in [2.75, 3.05) is 11.9 Å². The highest BCUT2D eigenvalue weighted by molar-refractivity contribution is 6.04. The number of pyridine rings is 1. The molecule has 0 spiro atoms. The minimum atomic E-state index is -0.188. The van der Waals surface area contributed by atoms with Crippen molar-refractivity contribution < 1.29 is 9.32 Å². The molecule has 0 aliphatic heterocycles. The van der Waals surface area contributed by atoms with Crippen molar-refractivity contribution in [1.82, 2.24) is 19.7 Å². The van der Waals surface area contributed by atoms with E-state index in [9.17, 15) is 4.79 Å². The molecule has 4 rings (SSSR count). The maximum Gasteiger partial charge on any atom is 0.276 e. The molecule has 0 fully saturated rings. The lowest BCUT2D eigenvalue weighted by molar-refractivity contribution is 0.0985. The Balaban J connectivity index is 1.63. The number of aromatic nitrogens is 4. The molecule has 0 bridgehead atoms. The molecule has 0 aliphatic rings. The lowest BCUT2D eigenvalue weighted by Crippen LogP contribution is -2.28. The number of anilines is 1. The molecule has 1 aromatic carbocycles. The summed E-state index contributed by atoms with van der Waals surface area (Å²) in [5.41, 5.74) is 2.81. The van der Waals surface area contributed by atoms with E-state index < -0.39 is 0 Å². The van der Waals surface area contributed by atoms with Crippen LogP contribution in [-0.4, -0.2) is 32.6 Å². The zero-order valence-corrected chi connectivity index (χ0v) is 14.9. The fourth-order valence-corrected chi connectivity index (χ4v) is 2.80. The molecule has 7 nitrogen and oxygen atoms in total. The Hall–Kier alpha value is -3.74. The maximum atomic E-state index is 12.8. The van der Waals surface area contributed by atoms with Gasteiger partial charge in [-0.1, -0.05) is 35.5 Å². The van der Waals surface area contributed by atoms with E-state index in [1.165, 1.54) is 11.1 Å². The van der Waals surface area contributed by atoms with Crippen LogP contribution in [0.3, 0.4) is 0 Å². The Morgan fingerprint density at radius 3 is 2.67 bits per heavy atom. The van der Waals surface area contributed by atoms with E-state index in [4.69, 9.17) is 4.52 Å². The Morgan fingerprint density at radius 2 is 1.93 bits per heavy atom. The molecule has 0 aliphatic carbocycles. The molecule has 0 saturated carbocycles. The van der Waals surface area contributed by atoms with Crippen LogP contribution in [0.15, 0.2) is 71.6 Å². The van der Waals surface area contributed by atoms with Crippen molar-refractivity contribution >= 4 is 11.6 Å². The Morgan fingerprint density at radius 1 is 1.11 bits per heavy atom. The monoisotopic (exact) mass is 359 g/mol. The summed E-state index contributed by atoms with van der Waals surface area (Å²) in [6.07, 6.45) is 4.84. The molecule has 0 atom stereocenters. The number of carbonyl (C=O) groups is 1. The second kappa shape index (κ2) is 6.87. The first-order chi connectivity index (χ1) is 13.1. The highest BCUT2D eigenvalue weighted by atomic mass is 16.5. The van der Waals surface area contributed by atoms with E-state index in [-0.39, 0.29) is 5.91 Å². The summed E-state index contributed by atoms with van der Waals surface area (Å²) in [7, 11) is 3.48. The van der Waals surface area contributed by atoms with Gasteiger partial charge in [0.25, 0.3) is 5.91 Å². The first-order valence-corrected chi connectivity index (χ1v) is 8.37. The largest absolute Gasteiger partial charge is 0.352 e. The lowest BCUT2D eigenvalue weighted by Gasteiger charge is -2.16. The molecule has 0 N–H and O–H groups in total. The van der Waals surface area contributed by atoms with Crippen LogP contribution < -0.4 is 4.90 Å². The van der Waals surface area contributed by atoms with Gasteiger partial charge >= 0.3 is 0 Å². The quantitative estimate of drug-likeness (QED) is 0.558. The number of rotatable bonds is 4. The van der Waals surface area contributed by atoms with Gasteiger partial charge in [0.1, 0.15) is 11.4 Å². The van der Waals surface area contributed by atoms with E-state index in [0.717, 1.165) is 5.56 Å². The van der Waals surface area contributed by atoms with Crippen LogP contribution in [0.4, 0.5) is 5.69 Å². The van der Waals surface area contributed by atoms with Gasteiger partial charge in [0, 0.05) is 31.9 Å². The third-order valence-corrected chi connectivity index (χ3v) is 4.35. The zero-order valence-electron chi connectivity index (χ0n) is 14.9. The summed E-state index contributed by atoms with van der Waals surface area (Å²) in [5, 5.41) is 4.11. The van der Waals surface area contributed by atoms with Gasteiger partial charge in [0.15, 0.2) is 5.82 Å². The molecule has 134 valence electrons. The van der Waals surface area contributed by atoms with Crippen molar-refractivity contribution in [3.8, 4) is 22.8 Å². The number of imidazole rings is 1. The molecule has 0 radical (unpaired) electrons. The topological polar surface area (TPSA) is 77.0 Å². The smallest absolute Gasteiger partial charge is 0.276 e. The predicted molar refractivity (Wildman–Crippen MR) is 101 cm³/mol. The van der Waals surface area contributed by atoms with Gasteiger partial charge in [-0.2, -0.15) is 0 Å². The highest BCUT2D eigenvalue weighted by Crippen LogP contribution is 2.26. The molecule has 1 amide bonds. The molecule has 3 heterocycles. The van der Waals surface area contributed by atoms with Crippen LogP contribution in [0, 0.1) is 0 Å². The number of hydrogen-bond donors (Lipinski definition) is 0.